The van der Waals surface area contributed by atoms with E-state index < -0.39 is 5.97 Å². The van der Waals surface area contributed by atoms with Gasteiger partial charge in [0, 0.05) is 15.8 Å². The average Bonchev–Trinajstić information content (AvgIpc) is 2.98. The monoisotopic (exact) mass is 344 g/mol. The number of halogens is 1. The summed E-state index contributed by atoms with van der Waals surface area (Å²) in [7, 11) is 1.32. The van der Waals surface area contributed by atoms with Gasteiger partial charge in [-0.15, -0.1) is 16.4 Å². The standard InChI is InChI=1S/C11H13BrN4O2S/c1-18-11(17)10-8(2-4-13)16(15-14-10)6-9-7(12)3-5-19-9/h3,5H,2,4,6,13H2,1H3. The third-order valence-electron chi connectivity index (χ3n) is 2.58. The fraction of sp³-hybridized carbons (Fsp3) is 0.364. The minimum Gasteiger partial charge on any atom is -0.464 e. The third kappa shape index (κ3) is 3.02. The lowest BCUT2D eigenvalue weighted by molar-refractivity contribution is 0.0592. The lowest BCUT2D eigenvalue weighted by atomic mass is 10.2. The van der Waals surface area contributed by atoms with Gasteiger partial charge in [0.05, 0.1) is 19.3 Å². The highest BCUT2D eigenvalue weighted by Gasteiger charge is 2.20. The third-order valence-corrected chi connectivity index (χ3v) is 4.49. The highest BCUT2D eigenvalue weighted by molar-refractivity contribution is 9.10. The number of hydrogen-bond acceptors (Lipinski definition) is 6. The van der Waals surface area contributed by atoms with Gasteiger partial charge in [-0.1, -0.05) is 5.21 Å². The van der Waals surface area contributed by atoms with Crippen molar-refractivity contribution in [2.24, 2.45) is 5.73 Å². The molecular weight excluding hydrogens is 332 g/mol. The minimum absolute atomic E-state index is 0.237. The molecular formula is C11H13BrN4O2S. The van der Waals surface area contributed by atoms with Crippen molar-refractivity contribution < 1.29 is 9.53 Å². The molecule has 0 aliphatic heterocycles. The van der Waals surface area contributed by atoms with E-state index >= 15 is 0 Å². The van der Waals surface area contributed by atoms with Crippen LogP contribution < -0.4 is 5.73 Å². The van der Waals surface area contributed by atoms with Crippen LogP contribution >= 0.6 is 27.3 Å². The Hall–Kier alpha value is -1.25. The molecule has 0 saturated heterocycles. The minimum atomic E-state index is -0.486. The van der Waals surface area contributed by atoms with Crippen LogP contribution in [0.4, 0.5) is 0 Å². The summed E-state index contributed by atoms with van der Waals surface area (Å²) in [5.41, 5.74) is 6.51. The van der Waals surface area contributed by atoms with Crippen LogP contribution in [-0.4, -0.2) is 34.6 Å². The maximum atomic E-state index is 11.6. The Bertz CT molecular complexity index is 581. The van der Waals surface area contributed by atoms with E-state index in [1.807, 2.05) is 11.4 Å². The molecule has 19 heavy (non-hydrogen) atoms. The molecule has 0 atom stereocenters. The van der Waals surface area contributed by atoms with Crippen LogP contribution in [0.15, 0.2) is 15.9 Å². The van der Waals surface area contributed by atoms with E-state index in [4.69, 9.17) is 10.5 Å². The molecule has 2 heterocycles. The summed E-state index contributed by atoms with van der Waals surface area (Å²) in [5, 5.41) is 9.89. The largest absolute Gasteiger partial charge is 0.464 e. The van der Waals surface area contributed by atoms with Crippen molar-refractivity contribution in [1.82, 2.24) is 15.0 Å². The quantitative estimate of drug-likeness (QED) is 0.829. The highest BCUT2D eigenvalue weighted by Crippen LogP contribution is 2.24. The molecule has 0 aliphatic rings. The molecule has 0 aliphatic carbocycles. The van der Waals surface area contributed by atoms with Gasteiger partial charge in [0.1, 0.15) is 0 Å². The molecule has 6 nitrogen and oxygen atoms in total. The Balaban J connectivity index is 2.32. The number of aromatic nitrogens is 3. The van der Waals surface area contributed by atoms with Crippen LogP contribution in [0.5, 0.6) is 0 Å². The Labute approximate surface area is 122 Å². The maximum absolute atomic E-state index is 11.6. The first kappa shape index (κ1) is 14.2. The van der Waals surface area contributed by atoms with E-state index in [1.165, 1.54) is 7.11 Å². The zero-order chi connectivity index (χ0) is 13.8. The summed E-state index contributed by atoms with van der Waals surface area (Å²) in [5.74, 6) is -0.486. The normalized spacial score (nSPS) is 10.7. The fourth-order valence-corrected chi connectivity index (χ4v) is 3.13. The van der Waals surface area contributed by atoms with Crippen LogP contribution in [-0.2, 0) is 17.7 Å². The number of nitrogens with zero attached hydrogens (tertiary/aromatic N) is 3. The summed E-state index contributed by atoms with van der Waals surface area (Å²) >= 11 is 5.08. The number of carbonyl (C=O) groups is 1. The molecule has 0 unspecified atom stereocenters. The van der Waals surface area contributed by atoms with Gasteiger partial charge < -0.3 is 10.5 Å². The van der Waals surface area contributed by atoms with Gasteiger partial charge in [0.25, 0.3) is 0 Å². The van der Waals surface area contributed by atoms with Crippen LogP contribution in [0.25, 0.3) is 0 Å². The maximum Gasteiger partial charge on any atom is 0.360 e. The first-order valence-corrected chi connectivity index (χ1v) is 7.27. The Kier molecular flexibility index (Phi) is 4.67. The summed E-state index contributed by atoms with van der Waals surface area (Å²) in [4.78, 5) is 12.7. The number of methoxy groups -OCH3 is 1. The Morgan fingerprint density at radius 2 is 2.42 bits per heavy atom. The SMILES string of the molecule is COC(=O)c1nnn(Cc2sccc2Br)c1CCN. The lowest BCUT2D eigenvalue weighted by Crippen LogP contribution is -2.14. The molecule has 102 valence electrons. The topological polar surface area (TPSA) is 83.0 Å². The van der Waals surface area contributed by atoms with Crippen molar-refractivity contribution in [3.8, 4) is 0 Å². The molecule has 0 spiro atoms. The predicted molar refractivity (Wildman–Crippen MR) is 75.2 cm³/mol. The van der Waals surface area contributed by atoms with Gasteiger partial charge in [-0.25, -0.2) is 9.48 Å². The van der Waals surface area contributed by atoms with E-state index in [-0.39, 0.29) is 5.69 Å². The number of ether oxygens (including phenoxy) is 1. The number of nitrogens with two attached hydrogens (primary N) is 1. The Morgan fingerprint density at radius 1 is 1.63 bits per heavy atom. The second-order valence-corrected chi connectivity index (χ2v) is 5.62. The first-order chi connectivity index (χ1) is 9.17. The van der Waals surface area contributed by atoms with Crippen LogP contribution in [0.3, 0.4) is 0 Å². The van der Waals surface area contributed by atoms with Gasteiger partial charge in [-0.3, -0.25) is 0 Å². The molecule has 2 aromatic heterocycles. The first-order valence-electron chi connectivity index (χ1n) is 5.60. The summed E-state index contributed by atoms with van der Waals surface area (Å²) < 4.78 is 7.40. The Morgan fingerprint density at radius 3 is 3.00 bits per heavy atom. The highest BCUT2D eigenvalue weighted by atomic mass is 79.9. The van der Waals surface area contributed by atoms with Crippen molar-refractivity contribution in [3.63, 3.8) is 0 Å². The summed E-state index contributed by atoms with van der Waals surface area (Å²) in [6.45, 7) is 0.973. The van der Waals surface area contributed by atoms with Gasteiger partial charge in [-0.2, -0.15) is 0 Å². The van der Waals surface area contributed by atoms with Crippen LogP contribution in [0.2, 0.25) is 0 Å². The van der Waals surface area contributed by atoms with Crippen molar-refractivity contribution >= 4 is 33.2 Å². The zero-order valence-electron chi connectivity index (χ0n) is 10.3. The summed E-state index contributed by atoms with van der Waals surface area (Å²) in [6, 6.07) is 1.97. The molecule has 0 aromatic carbocycles. The molecule has 0 fully saturated rings. The fourth-order valence-electron chi connectivity index (χ4n) is 1.67. The molecule has 0 saturated carbocycles. The van der Waals surface area contributed by atoms with Crippen molar-refractivity contribution in [2.75, 3.05) is 13.7 Å². The number of thiophene rings is 1. The number of esters is 1. The smallest absolute Gasteiger partial charge is 0.360 e. The summed E-state index contributed by atoms with van der Waals surface area (Å²) in [6.07, 6.45) is 0.528. The average molecular weight is 345 g/mol. The van der Waals surface area contributed by atoms with Crippen LogP contribution in [0, 0.1) is 0 Å². The zero-order valence-corrected chi connectivity index (χ0v) is 12.7. The molecule has 2 rings (SSSR count). The van der Waals surface area contributed by atoms with E-state index in [0.717, 1.165) is 9.35 Å². The molecule has 2 N–H and O–H groups in total. The van der Waals surface area contributed by atoms with Gasteiger partial charge in [-0.05, 0) is 33.9 Å². The van der Waals surface area contributed by atoms with E-state index in [0.29, 0.717) is 25.2 Å². The van der Waals surface area contributed by atoms with Crippen LogP contribution in [0.1, 0.15) is 21.1 Å². The lowest BCUT2D eigenvalue weighted by Gasteiger charge is -2.05. The molecule has 8 heteroatoms. The van der Waals surface area contributed by atoms with Crippen molar-refractivity contribution in [3.05, 3.63) is 32.2 Å². The molecule has 0 bridgehead atoms. The van der Waals surface area contributed by atoms with Gasteiger partial charge in [0.15, 0.2) is 5.69 Å². The van der Waals surface area contributed by atoms with Gasteiger partial charge >= 0.3 is 5.97 Å². The molecule has 2 aromatic rings. The molecule has 0 amide bonds. The van der Waals surface area contributed by atoms with E-state index in [1.54, 1.807) is 16.0 Å². The van der Waals surface area contributed by atoms with Crippen molar-refractivity contribution in [2.45, 2.75) is 13.0 Å². The van der Waals surface area contributed by atoms with Crippen molar-refractivity contribution in [1.29, 1.82) is 0 Å². The molecule has 0 radical (unpaired) electrons. The second-order valence-electron chi connectivity index (χ2n) is 3.76. The number of carbonyl (C=O) groups excluding carboxylic acids is 1. The van der Waals surface area contributed by atoms with Gasteiger partial charge in [0.2, 0.25) is 0 Å². The predicted octanol–water partition coefficient (Wildman–Crippen LogP) is 1.44. The number of hydrogen-bond donors (Lipinski definition) is 1. The van der Waals surface area contributed by atoms with E-state index in [2.05, 4.69) is 26.2 Å². The van der Waals surface area contributed by atoms with E-state index in [9.17, 15) is 4.79 Å². The second kappa shape index (κ2) is 6.27. The number of rotatable bonds is 5.